The Balaban J connectivity index is 1.94. The first-order valence-electron chi connectivity index (χ1n) is 7.07. The Morgan fingerprint density at radius 3 is 2.63 bits per heavy atom. The summed E-state index contributed by atoms with van der Waals surface area (Å²) in [6, 6.07) is 3.55. The normalized spacial score (nSPS) is 18.1. The van der Waals surface area contributed by atoms with Gasteiger partial charge in [0.05, 0.1) is 5.69 Å². The van der Waals surface area contributed by atoms with Crippen LogP contribution in [0.4, 0.5) is 0 Å². The van der Waals surface area contributed by atoms with Gasteiger partial charge in [-0.05, 0) is 46.0 Å². The molecule has 0 radical (unpaired) electrons. The minimum Gasteiger partial charge on any atom is -0.506 e. The van der Waals surface area contributed by atoms with E-state index >= 15 is 0 Å². The molecule has 1 aromatic heterocycles. The molecular weight excluding hydrogens is 238 g/mol. The van der Waals surface area contributed by atoms with Crippen molar-refractivity contribution in [3.63, 3.8) is 0 Å². The molecule has 1 heterocycles. The van der Waals surface area contributed by atoms with Gasteiger partial charge in [-0.2, -0.15) is 0 Å². The fourth-order valence-electron chi connectivity index (χ4n) is 2.96. The standard InChI is InChI=1S/C15H25N3O/c1-12-6-7-14(19)13(17-12)10-16-11-15(18(2)3)8-4-5-9-15/h6-7,16,19H,4-5,8-11H2,1-3H3. The zero-order valence-electron chi connectivity index (χ0n) is 12.2. The summed E-state index contributed by atoms with van der Waals surface area (Å²) in [5.41, 5.74) is 1.96. The molecule has 0 bridgehead atoms. The van der Waals surface area contributed by atoms with Crippen molar-refractivity contribution < 1.29 is 5.11 Å². The Bertz CT molecular complexity index is 425. The summed E-state index contributed by atoms with van der Waals surface area (Å²) in [5.74, 6) is 0.281. The van der Waals surface area contributed by atoms with Crippen LogP contribution in [0.5, 0.6) is 5.75 Å². The molecule has 2 N–H and O–H groups in total. The van der Waals surface area contributed by atoms with E-state index in [0.29, 0.717) is 6.54 Å². The van der Waals surface area contributed by atoms with Gasteiger partial charge in [0.1, 0.15) is 5.75 Å². The molecule has 1 aliphatic rings. The number of hydrogen-bond donors (Lipinski definition) is 2. The average molecular weight is 263 g/mol. The smallest absolute Gasteiger partial charge is 0.138 e. The zero-order valence-corrected chi connectivity index (χ0v) is 12.2. The van der Waals surface area contributed by atoms with E-state index in [1.54, 1.807) is 6.07 Å². The monoisotopic (exact) mass is 263 g/mol. The molecule has 0 spiro atoms. The zero-order chi connectivity index (χ0) is 13.9. The molecule has 106 valence electrons. The second-order valence-electron chi connectivity index (χ2n) is 5.85. The summed E-state index contributed by atoms with van der Waals surface area (Å²) in [7, 11) is 4.32. The highest BCUT2D eigenvalue weighted by atomic mass is 16.3. The van der Waals surface area contributed by atoms with Crippen molar-refractivity contribution in [3.8, 4) is 5.75 Å². The molecule has 1 aromatic rings. The van der Waals surface area contributed by atoms with E-state index in [2.05, 4.69) is 29.3 Å². The predicted octanol–water partition coefficient (Wildman–Crippen LogP) is 2.06. The van der Waals surface area contributed by atoms with Crippen molar-refractivity contribution in [3.05, 3.63) is 23.5 Å². The van der Waals surface area contributed by atoms with E-state index in [0.717, 1.165) is 17.9 Å². The van der Waals surface area contributed by atoms with Crippen LogP contribution in [0.25, 0.3) is 0 Å². The lowest BCUT2D eigenvalue weighted by molar-refractivity contribution is 0.153. The Morgan fingerprint density at radius 2 is 2.00 bits per heavy atom. The van der Waals surface area contributed by atoms with Crippen molar-refractivity contribution in [2.75, 3.05) is 20.6 Å². The molecule has 1 fully saturated rings. The molecular formula is C15H25N3O. The number of pyridine rings is 1. The maximum atomic E-state index is 9.79. The van der Waals surface area contributed by atoms with Gasteiger partial charge in [0.25, 0.3) is 0 Å². The van der Waals surface area contributed by atoms with Gasteiger partial charge in [-0.3, -0.25) is 4.98 Å². The third-order valence-corrected chi connectivity index (χ3v) is 4.32. The molecule has 0 unspecified atom stereocenters. The van der Waals surface area contributed by atoms with Gasteiger partial charge in [-0.1, -0.05) is 12.8 Å². The fourth-order valence-corrected chi connectivity index (χ4v) is 2.96. The highest BCUT2D eigenvalue weighted by molar-refractivity contribution is 5.27. The van der Waals surface area contributed by atoms with E-state index < -0.39 is 0 Å². The summed E-state index contributed by atoms with van der Waals surface area (Å²) in [5, 5.41) is 13.3. The third-order valence-electron chi connectivity index (χ3n) is 4.32. The summed E-state index contributed by atoms with van der Waals surface area (Å²) >= 11 is 0. The van der Waals surface area contributed by atoms with Gasteiger partial charge in [0, 0.05) is 24.3 Å². The number of hydrogen-bond acceptors (Lipinski definition) is 4. The topological polar surface area (TPSA) is 48.4 Å². The van der Waals surface area contributed by atoms with Crippen LogP contribution >= 0.6 is 0 Å². The minimum absolute atomic E-state index is 0.277. The molecule has 19 heavy (non-hydrogen) atoms. The van der Waals surface area contributed by atoms with Gasteiger partial charge in [-0.15, -0.1) is 0 Å². The van der Waals surface area contributed by atoms with E-state index in [9.17, 15) is 5.11 Å². The first-order chi connectivity index (χ1) is 9.03. The molecule has 0 amide bonds. The SMILES string of the molecule is Cc1ccc(O)c(CNCC2(N(C)C)CCCC2)n1. The number of nitrogens with zero attached hydrogens (tertiary/aromatic N) is 2. The summed E-state index contributed by atoms with van der Waals surface area (Å²) in [6.45, 7) is 3.53. The van der Waals surface area contributed by atoms with E-state index in [-0.39, 0.29) is 11.3 Å². The minimum atomic E-state index is 0.277. The number of likely N-dealkylation sites (N-methyl/N-ethyl adjacent to an activating group) is 1. The molecule has 0 saturated heterocycles. The quantitative estimate of drug-likeness (QED) is 0.853. The van der Waals surface area contributed by atoms with Crippen molar-refractivity contribution in [2.45, 2.75) is 44.7 Å². The van der Waals surface area contributed by atoms with Crippen molar-refractivity contribution in [2.24, 2.45) is 0 Å². The number of nitrogens with one attached hydrogen (secondary N) is 1. The third kappa shape index (κ3) is 3.25. The Kier molecular flexibility index (Phi) is 4.42. The van der Waals surface area contributed by atoms with Crippen molar-refractivity contribution >= 4 is 0 Å². The van der Waals surface area contributed by atoms with Crippen LogP contribution in [0.1, 0.15) is 37.1 Å². The summed E-state index contributed by atoms with van der Waals surface area (Å²) in [4.78, 5) is 6.72. The van der Waals surface area contributed by atoms with Crippen LogP contribution in [-0.2, 0) is 6.54 Å². The van der Waals surface area contributed by atoms with Crippen LogP contribution in [0, 0.1) is 6.92 Å². The number of aryl methyl sites for hydroxylation is 1. The highest BCUT2D eigenvalue weighted by Crippen LogP contribution is 2.33. The van der Waals surface area contributed by atoms with Crippen LogP contribution in [0.15, 0.2) is 12.1 Å². The first-order valence-corrected chi connectivity index (χ1v) is 7.07. The van der Waals surface area contributed by atoms with Gasteiger partial charge in [0.15, 0.2) is 0 Å². The Hall–Kier alpha value is -1.13. The second-order valence-corrected chi connectivity index (χ2v) is 5.85. The molecule has 1 aliphatic carbocycles. The van der Waals surface area contributed by atoms with Gasteiger partial charge < -0.3 is 15.3 Å². The molecule has 4 nitrogen and oxygen atoms in total. The molecule has 2 rings (SSSR count). The fraction of sp³-hybridized carbons (Fsp3) is 0.667. The van der Waals surface area contributed by atoms with E-state index in [1.807, 2.05) is 13.0 Å². The lowest BCUT2D eigenvalue weighted by Gasteiger charge is -2.36. The van der Waals surface area contributed by atoms with Crippen molar-refractivity contribution in [1.82, 2.24) is 15.2 Å². The lowest BCUT2D eigenvalue weighted by Crippen LogP contribution is -2.49. The van der Waals surface area contributed by atoms with E-state index in [4.69, 9.17) is 0 Å². The molecule has 1 saturated carbocycles. The van der Waals surface area contributed by atoms with Gasteiger partial charge in [0.2, 0.25) is 0 Å². The van der Waals surface area contributed by atoms with E-state index in [1.165, 1.54) is 25.7 Å². The Morgan fingerprint density at radius 1 is 1.32 bits per heavy atom. The van der Waals surface area contributed by atoms with Gasteiger partial charge >= 0.3 is 0 Å². The highest BCUT2D eigenvalue weighted by Gasteiger charge is 2.35. The first kappa shape index (κ1) is 14.3. The lowest BCUT2D eigenvalue weighted by atomic mass is 9.96. The average Bonchev–Trinajstić information content (AvgIpc) is 2.84. The summed E-state index contributed by atoms with van der Waals surface area (Å²) < 4.78 is 0. The largest absolute Gasteiger partial charge is 0.506 e. The summed E-state index contributed by atoms with van der Waals surface area (Å²) in [6.07, 6.45) is 5.13. The molecule has 4 heteroatoms. The van der Waals surface area contributed by atoms with Gasteiger partial charge in [-0.25, -0.2) is 0 Å². The number of aromatic nitrogens is 1. The molecule has 0 atom stereocenters. The maximum absolute atomic E-state index is 9.79. The maximum Gasteiger partial charge on any atom is 0.138 e. The van der Waals surface area contributed by atoms with Crippen LogP contribution in [0.2, 0.25) is 0 Å². The number of aromatic hydroxyl groups is 1. The predicted molar refractivity (Wildman–Crippen MR) is 77.2 cm³/mol. The molecule has 0 aliphatic heterocycles. The number of rotatable bonds is 5. The van der Waals surface area contributed by atoms with Crippen LogP contribution < -0.4 is 5.32 Å². The van der Waals surface area contributed by atoms with Crippen LogP contribution in [0.3, 0.4) is 0 Å². The van der Waals surface area contributed by atoms with Crippen LogP contribution in [-0.4, -0.2) is 41.2 Å². The van der Waals surface area contributed by atoms with Crippen molar-refractivity contribution in [1.29, 1.82) is 0 Å². The second kappa shape index (κ2) is 5.88. The Labute approximate surface area is 115 Å². The molecule has 0 aromatic carbocycles.